The lowest BCUT2D eigenvalue weighted by Gasteiger charge is -2.11. The maximum absolute atomic E-state index is 12.5. The van der Waals surface area contributed by atoms with E-state index in [9.17, 15) is 9.59 Å². The Bertz CT molecular complexity index is 796. The van der Waals surface area contributed by atoms with Gasteiger partial charge in [0.25, 0.3) is 11.8 Å². The Morgan fingerprint density at radius 2 is 1.67 bits per heavy atom. The fraction of sp³-hybridized carbons (Fsp3) is 0.238. The monoisotopic (exact) mass is 368 g/mol. The molecule has 2 aromatic rings. The largest absolute Gasteiger partial charge is 0.497 e. The van der Waals surface area contributed by atoms with Crippen LogP contribution in [0.3, 0.4) is 0 Å². The van der Waals surface area contributed by atoms with E-state index in [1.807, 2.05) is 19.1 Å². The molecule has 0 heterocycles. The molecule has 0 aliphatic heterocycles. The number of ether oxygens (including phenoxy) is 2. The second-order valence-corrected chi connectivity index (χ2v) is 5.90. The van der Waals surface area contributed by atoms with E-state index in [2.05, 4.69) is 10.6 Å². The molecule has 0 spiro atoms. The van der Waals surface area contributed by atoms with E-state index < -0.39 is 0 Å². The van der Waals surface area contributed by atoms with Crippen LogP contribution in [0.1, 0.15) is 21.5 Å². The van der Waals surface area contributed by atoms with Crippen LogP contribution >= 0.6 is 0 Å². The summed E-state index contributed by atoms with van der Waals surface area (Å²) in [5.74, 6) is -0.0260. The van der Waals surface area contributed by atoms with Crippen LogP contribution in [0, 0.1) is 6.92 Å². The average Bonchev–Trinajstić information content (AvgIpc) is 2.68. The van der Waals surface area contributed by atoms with Gasteiger partial charge < -0.3 is 20.1 Å². The zero-order valence-corrected chi connectivity index (χ0v) is 15.7. The number of hydrogen-bond acceptors (Lipinski definition) is 4. The molecule has 6 heteroatoms. The number of benzene rings is 2. The third-order valence-electron chi connectivity index (χ3n) is 3.83. The molecule has 2 amide bonds. The summed E-state index contributed by atoms with van der Waals surface area (Å²) in [6.07, 6.45) is 1.62. The van der Waals surface area contributed by atoms with E-state index in [1.165, 1.54) is 0 Å². The summed E-state index contributed by atoms with van der Waals surface area (Å²) in [6, 6.07) is 14.3. The van der Waals surface area contributed by atoms with E-state index in [0.717, 1.165) is 11.1 Å². The quantitative estimate of drug-likeness (QED) is 0.555. The third-order valence-corrected chi connectivity index (χ3v) is 3.83. The van der Waals surface area contributed by atoms with Gasteiger partial charge in [-0.05, 0) is 42.8 Å². The predicted octanol–water partition coefficient (Wildman–Crippen LogP) is 2.54. The summed E-state index contributed by atoms with van der Waals surface area (Å²) < 4.78 is 10.1. The van der Waals surface area contributed by atoms with Crippen molar-refractivity contribution in [2.75, 3.05) is 27.4 Å². The zero-order valence-electron chi connectivity index (χ0n) is 15.7. The van der Waals surface area contributed by atoms with Crippen LogP contribution in [-0.4, -0.2) is 39.2 Å². The Labute approximate surface area is 159 Å². The lowest BCUT2D eigenvalue weighted by Crippen LogP contribution is -2.36. The Morgan fingerprint density at radius 1 is 1.00 bits per heavy atom. The van der Waals surface area contributed by atoms with Gasteiger partial charge in [-0.15, -0.1) is 0 Å². The first-order chi connectivity index (χ1) is 13.0. The van der Waals surface area contributed by atoms with Gasteiger partial charge in [0.1, 0.15) is 11.4 Å². The number of nitrogens with one attached hydrogen (secondary N) is 2. The molecule has 0 bridgehead atoms. The van der Waals surface area contributed by atoms with Gasteiger partial charge in [-0.2, -0.15) is 0 Å². The fourth-order valence-electron chi connectivity index (χ4n) is 2.29. The van der Waals surface area contributed by atoms with E-state index in [-0.39, 0.29) is 17.5 Å². The molecule has 0 aliphatic rings. The van der Waals surface area contributed by atoms with E-state index in [4.69, 9.17) is 9.47 Å². The Kier molecular flexibility index (Phi) is 7.58. The normalized spacial score (nSPS) is 11.0. The minimum absolute atomic E-state index is 0.154. The highest BCUT2D eigenvalue weighted by Crippen LogP contribution is 2.14. The molecule has 0 fully saturated rings. The second-order valence-electron chi connectivity index (χ2n) is 5.90. The molecule has 6 nitrogen and oxygen atoms in total. The molecule has 0 radical (unpaired) electrons. The van der Waals surface area contributed by atoms with Crippen molar-refractivity contribution < 1.29 is 19.1 Å². The number of aryl methyl sites for hydroxylation is 1. The van der Waals surface area contributed by atoms with Crippen molar-refractivity contribution in [3.63, 3.8) is 0 Å². The highest BCUT2D eigenvalue weighted by Gasteiger charge is 2.14. The van der Waals surface area contributed by atoms with Crippen LogP contribution in [-0.2, 0) is 9.53 Å². The molecular formula is C21H24N2O4. The summed E-state index contributed by atoms with van der Waals surface area (Å²) in [5, 5.41) is 5.42. The topological polar surface area (TPSA) is 76.7 Å². The lowest BCUT2D eigenvalue weighted by molar-refractivity contribution is -0.117. The number of amides is 2. The lowest BCUT2D eigenvalue weighted by atomic mass is 10.1. The van der Waals surface area contributed by atoms with Crippen molar-refractivity contribution in [3.8, 4) is 5.75 Å². The average molecular weight is 368 g/mol. The maximum atomic E-state index is 12.5. The van der Waals surface area contributed by atoms with Crippen molar-refractivity contribution in [1.82, 2.24) is 10.6 Å². The summed E-state index contributed by atoms with van der Waals surface area (Å²) >= 11 is 0. The molecule has 2 aromatic carbocycles. The van der Waals surface area contributed by atoms with Crippen LogP contribution in [0.5, 0.6) is 5.75 Å². The van der Waals surface area contributed by atoms with Gasteiger partial charge in [-0.3, -0.25) is 9.59 Å². The molecule has 0 aromatic heterocycles. The van der Waals surface area contributed by atoms with Crippen LogP contribution in [0.2, 0.25) is 0 Å². The molecular weight excluding hydrogens is 344 g/mol. The highest BCUT2D eigenvalue weighted by atomic mass is 16.5. The van der Waals surface area contributed by atoms with Gasteiger partial charge in [0.2, 0.25) is 0 Å². The minimum atomic E-state index is -0.386. The third kappa shape index (κ3) is 6.27. The van der Waals surface area contributed by atoms with Gasteiger partial charge in [0.05, 0.1) is 13.7 Å². The van der Waals surface area contributed by atoms with Crippen LogP contribution < -0.4 is 15.4 Å². The van der Waals surface area contributed by atoms with E-state index >= 15 is 0 Å². The van der Waals surface area contributed by atoms with Gasteiger partial charge in [-0.1, -0.05) is 29.8 Å². The van der Waals surface area contributed by atoms with Crippen molar-refractivity contribution in [2.24, 2.45) is 0 Å². The Morgan fingerprint density at radius 3 is 2.26 bits per heavy atom. The number of rotatable bonds is 8. The molecule has 0 saturated heterocycles. The molecule has 0 saturated carbocycles. The molecule has 2 rings (SSSR count). The first kappa shape index (κ1) is 20.2. The molecule has 0 atom stereocenters. The van der Waals surface area contributed by atoms with Crippen molar-refractivity contribution in [1.29, 1.82) is 0 Å². The number of methoxy groups -OCH3 is 2. The van der Waals surface area contributed by atoms with E-state index in [0.29, 0.717) is 24.5 Å². The van der Waals surface area contributed by atoms with E-state index in [1.54, 1.807) is 56.7 Å². The summed E-state index contributed by atoms with van der Waals surface area (Å²) in [5.41, 5.74) is 2.45. The first-order valence-corrected chi connectivity index (χ1v) is 8.54. The van der Waals surface area contributed by atoms with Crippen molar-refractivity contribution in [3.05, 3.63) is 70.9 Å². The fourth-order valence-corrected chi connectivity index (χ4v) is 2.29. The van der Waals surface area contributed by atoms with Crippen LogP contribution in [0.4, 0.5) is 0 Å². The first-order valence-electron chi connectivity index (χ1n) is 8.54. The molecule has 2 N–H and O–H groups in total. The van der Waals surface area contributed by atoms with Crippen LogP contribution in [0.15, 0.2) is 54.2 Å². The summed E-state index contributed by atoms with van der Waals surface area (Å²) in [4.78, 5) is 25.0. The minimum Gasteiger partial charge on any atom is -0.497 e. The standard InChI is InChI=1S/C21H24N2O4/c1-15-4-8-17(9-5-15)20(24)23-19(21(25)22-12-13-26-2)14-16-6-10-18(27-3)11-7-16/h4-11,14H,12-13H2,1-3H3,(H,22,25)(H,23,24). The number of hydrogen-bond donors (Lipinski definition) is 2. The molecule has 0 unspecified atom stereocenters. The van der Waals surface area contributed by atoms with Crippen LogP contribution in [0.25, 0.3) is 6.08 Å². The van der Waals surface area contributed by atoms with Crippen molar-refractivity contribution in [2.45, 2.75) is 6.92 Å². The van der Waals surface area contributed by atoms with Gasteiger partial charge in [0, 0.05) is 19.2 Å². The summed E-state index contributed by atoms with van der Waals surface area (Å²) in [6.45, 7) is 2.67. The van der Waals surface area contributed by atoms with Crippen molar-refractivity contribution >= 4 is 17.9 Å². The smallest absolute Gasteiger partial charge is 0.267 e. The summed E-state index contributed by atoms with van der Waals surface area (Å²) in [7, 11) is 3.14. The maximum Gasteiger partial charge on any atom is 0.267 e. The Balaban J connectivity index is 2.22. The van der Waals surface area contributed by atoms with Gasteiger partial charge in [-0.25, -0.2) is 0 Å². The molecule has 27 heavy (non-hydrogen) atoms. The highest BCUT2D eigenvalue weighted by molar-refractivity contribution is 6.05. The predicted molar refractivity (Wildman–Crippen MR) is 105 cm³/mol. The number of carbonyl (C=O) groups excluding carboxylic acids is 2. The second kappa shape index (κ2) is 10.1. The number of carbonyl (C=O) groups is 2. The van der Waals surface area contributed by atoms with Gasteiger partial charge >= 0.3 is 0 Å². The zero-order chi connectivity index (χ0) is 19.6. The Hall–Kier alpha value is -3.12. The molecule has 142 valence electrons. The van der Waals surface area contributed by atoms with Gasteiger partial charge in [0.15, 0.2) is 0 Å². The SMILES string of the molecule is COCCNC(=O)C(=Cc1ccc(OC)cc1)NC(=O)c1ccc(C)cc1. The molecule has 0 aliphatic carbocycles.